The monoisotopic (exact) mass is 470 g/mol. The molecule has 1 amide bonds. The molecule has 0 aliphatic heterocycles. The molecule has 0 unspecified atom stereocenters. The maximum atomic E-state index is 13.0. The zero-order valence-corrected chi connectivity index (χ0v) is 19.2. The van der Waals surface area contributed by atoms with Gasteiger partial charge in [-0.2, -0.15) is 0 Å². The van der Waals surface area contributed by atoms with Gasteiger partial charge in [0, 0.05) is 6.54 Å². The lowest BCUT2D eigenvalue weighted by Crippen LogP contribution is -2.40. The van der Waals surface area contributed by atoms with Crippen molar-refractivity contribution in [1.82, 2.24) is 5.32 Å². The molecule has 0 radical (unpaired) electrons. The molecule has 3 aromatic carbocycles. The molecule has 0 aliphatic rings. The molecule has 0 saturated carbocycles. The summed E-state index contributed by atoms with van der Waals surface area (Å²) in [5, 5.41) is 2.74. The number of nitrogens with zero attached hydrogens (tertiary/aromatic N) is 1. The van der Waals surface area contributed by atoms with E-state index in [2.05, 4.69) is 5.32 Å². The highest BCUT2D eigenvalue weighted by Crippen LogP contribution is 2.22. The first kappa shape index (κ1) is 24.3. The molecule has 0 fully saturated rings. The van der Waals surface area contributed by atoms with Crippen LogP contribution in [-0.4, -0.2) is 33.7 Å². The van der Waals surface area contributed by atoms with Gasteiger partial charge in [-0.3, -0.25) is 9.10 Å². The van der Waals surface area contributed by atoms with Crippen molar-refractivity contribution in [3.05, 3.63) is 95.8 Å². The largest absolute Gasteiger partial charge is 0.489 e. The van der Waals surface area contributed by atoms with Crippen molar-refractivity contribution < 1.29 is 22.3 Å². The molecule has 8 heteroatoms. The van der Waals surface area contributed by atoms with Crippen LogP contribution in [-0.2, 0) is 27.8 Å². The lowest BCUT2D eigenvalue weighted by atomic mass is 10.1. The third-order valence-corrected chi connectivity index (χ3v) is 6.08. The Morgan fingerprint density at radius 2 is 1.61 bits per heavy atom. The van der Waals surface area contributed by atoms with Gasteiger partial charge in [0.25, 0.3) is 0 Å². The van der Waals surface area contributed by atoms with E-state index in [0.29, 0.717) is 37.4 Å². The highest BCUT2D eigenvalue weighted by molar-refractivity contribution is 7.92. The minimum Gasteiger partial charge on any atom is -0.489 e. The number of carbonyl (C=O) groups is 1. The fourth-order valence-electron chi connectivity index (χ4n) is 3.21. The maximum Gasteiger partial charge on any atom is 0.240 e. The SMILES string of the molecule is CS(=O)(=O)N(CC(=O)NCCCc1ccc(F)cc1)c1ccc(OCc2ccccc2)cc1. The topological polar surface area (TPSA) is 75.7 Å². The van der Waals surface area contributed by atoms with Crippen LogP contribution in [0.15, 0.2) is 78.9 Å². The van der Waals surface area contributed by atoms with E-state index in [1.807, 2.05) is 30.3 Å². The van der Waals surface area contributed by atoms with Gasteiger partial charge in [0.05, 0.1) is 11.9 Å². The van der Waals surface area contributed by atoms with E-state index in [0.717, 1.165) is 21.7 Å². The van der Waals surface area contributed by atoms with Gasteiger partial charge in [-0.1, -0.05) is 42.5 Å². The Morgan fingerprint density at radius 1 is 0.939 bits per heavy atom. The third kappa shape index (κ3) is 7.91. The van der Waals surface area contributed by atoms with Gasteiger partial charge >= 0.3 is 0 Å². The first-order valence-electron chi connectivity index (χ1n) is 10.6. The van der Waals surface area contributed by atoms with Crippen molar-refractivity contribution in [2.45, 2.75) is 19.4 Å². The Balaban J connectivity index is 1.52. The number of hydrogen-bond donors (Lipinski definition) is 1. The predicted octanol–water partition coefficient (Wildman–Crippen LogP) is 3.92. The van der Waals surface area contributed by atoms with E-state index in [1.54, 1.807) is 36.4 Å². The van der Waals surface area contributed by atoms with Crippen molar-refractivity contribution in [2.75, 3.05) is 23.7 Å². The van der Waals surface area contributed by atoms with E-state index < -0.39 is 15.9 Å². The van der Waals surface area contributed by atoms with E-state index in [9.17, 15) is 17.6 Å². The van der Waals surface area contributed by atoms with Crippen LogP contribution >= 0.6 is 0 Å². The quantitative estimate of drug-likeness (QED) is 0.431. The molecule has 1 N–H and O–H groups in total. The lowest BCUT2D eigenvalue weighted by molar-refractivity contribution is -0.119. The van der Waals surface area contributed by atoms with Gasteiger partial charge in [-0.25, -0.2) is 12.8 Å². The minimum atomic E-state index is -3.66. The summed E-state index contributed by atoms with van der Waals surface area (Å²) in [6.45, 7) is 0.468. The van der Waals surface area contributed by atoms with E-state index >= 15 is 0 Å². The second-order valence-corrected chi connectivity index (χ2v) is 9.52. The molecule has 33 heavy (non-hydrogen) atoms. The molecule has 0 aliphatic carbocycles. The van der Waals surface area contributed by atoms with Gasteiger partial charge in [-0.15, -0.1) is 0 Å². The summed E-state index contributed by atoms with van der Waals surface area (Å²) in [5.74, 6) is -0.0889. The second-order valence-electron chi connectivity index (χ2n) is 7.62. The van der Waals surface area contributed by atoms with E-state index in [4.69, 9.17) is 4.74 Å². The Hall–Kier alpha value is -3.39. The van der Waals surface area contributed by atoms with Crippen molar-refractivity contribution in [2.24, 2.45) is 0 Å². The second kappa shape index (κ2) is 11.5. The number of ether oxygens (including phenoxy) is 1. The molecule has 0 atom stereocenters. The highest BCUT2D eigenvalue weighted by Gasteiger charge is 2.20. The Bertz CT molecular complexity index is 1140. The van der Waals surface area contributed by atoms with Crippen LogP contribution in [0.25, 0.3) is 0 Å². The summed E-state index contributed by atoms with van der Waals surface area (Å²) in [5.41, 5.74) is 2.37. The molecular weight excluding hydrogens is 443 g/mol. The summed E-state index contributed by atoms with van der Waals surface area (Å²) in [7, 11) is -3.66. The molecule has 174 valence electrons. The average Bonchev–Trinajstić information content (AvgIpc) is 2.80. The number of carbonyl (C=O) groups excluding carboxylic acids is 1. The van der Waals surface area contributed by atoms with Gasteiger partial charge < -0.3 is 10.1 Å². The maximum absolute atomic E-state index is 13.0. The summed E-state index contributed by atoms with van der Waals surface area (Å²) < 4.78 is 44.3. The van der Waals surface area contributed by atoms with Crippen LogP contribution in [0.1, 0.15) is 17.5 Å². The smallest absolute Gasteiger partial charge is 0.240 e. The fourth-order valence-corrected chi connectivity index (χ4v) is 4.06. The molecular formula is C25H27FN2O4S. The van der Waals surface area contributed by atoms with Crippen LogP contribution < -0.4 is 14.4 Å². The lowest BCUT2D eigenvalue weighted by Gasteiger charge is -2.22. The van der Waals surface area contributed by atoms with Crippen LogP contribution in [0.4, 0.5) is 10.1 Å². The predicted molar refractivity (Wildman–Crippen MR) is 127 cm³/mol. The Kier molecular flexibility index (Phi) is 8.43. The van der Waals surface area contributed by atoms with Crippen LogP contribution in [0.2, 0.25) is 0 Å². The van der Waals surface area contributed by atoms with Crippen molar-refractivity contribution in [3.8, 4) is 5.75 Å². The molecule has 0 bridgehead atoms. The normalized spacial score (nSPS) is 11.1. The fraction of sp³-hybridized carbons (Fsp3) is 0.240. The van der Waals surface area contributed by atoms with E-state index in [1.165, 1.54) is 12.1 Å². The van der Waals surface area contributed by atoms with Crippen LogP contribution in [0.3, 0.4) is 0 Å². The number of aryl methyl sites for hydroxylation is 1. The number of amides is 1. The number of sulfonamides is 1. The molecule has 0 heterocycles. The first-order valence-corrected chi connectivity index (χ1v) is 12.4. The molecule has 0 aromatic heterocycles. The average molecular weight is 471 g/mol. The highest BCUT2D eigenvalue weighted by atomic mass is 32.2. The number of hydrogen-bond acceptors (Lipinski definition) is 4. The van der Waals surface area contributed by atoms with Gasteiger partial charge in [0.1, 0.15) is 24.7 Å². The van der Waals surface area contributed by atoms with Gasteiger partial charge in [0.15, 0.2) is 0 Å². The zero-order valence-electron chi connectivity index (χ0n) is 18.4. The zero-order chi connectivity index (χ0) is 23.7. The van der Waals surface area contributed by atoms with Crippen molar-refractivity contribution in [3.63, 3.8) is 0 Å². The van der Waals surface area contributed by atoms with Gasteiger partial charge in [-0.05, 0) is 60.4 Å². The van der Waals surface area contributed by atoms with Crippen molar-refractivity contribution in [1.29, 1.82) is 0 Å². The molecule has 6 nitrogen and oxygen atoms in total. The molecule has 0 spiro atoms. The number of nitrogens with one attached hydrogen (secondary N) is 1. The summed E-state index contributed by atoms with van der Waals surface area (Å²) >= 11 is 0. The Morgan fingerprint density at radius 3 is 2.24 bits per heavy atom. The molecule has 0 saturated heterocycles. The van der Waals surface area contributed by atoms with E-state index in [-0.39, 0.29) is 12.4 Å². The van der Waals surface area contributed by atoms with Crippen molar-refractivity contribution >= 4 is 21.6 Å². The number of benzene rings is 3. The molecule has 3 rings (SSSR count). The molecule has 3 aromatic rings. The summed E-state index contributed by atoms with van der Waals surface area (Å²) in [4.78, 5) is 12.4. The number of halogens is 1. The number of rotatable bonds is 11. The number of anilines is 1. The summed E-state index contributed by atoms with van der Waals surface area (Å²) in [6, 6.07) is 22.5. The van der Waals surface area contributed by atoms with Crippen LogP contribution in [0, 0.1) is 5.82 Å². The summed E-state index contributed by atoms with van der Waals surface area (Å²) in [6.07, 6.45) is 2.40. The first-order chi connectivity index (χ1) is 15.8. The Labute approximate surface area is 194 Å². The minimum absolute atomic E-state index is 0.288. The van der Waals surface area contributed by atoms with Gasteiger partial charge in [0.2, 0.25) is 15.9 Å². The third-order valence-electron chi connectivity index (χ3n) is 4.94. The van der Waals surface area contributed by atoms with Crippen LogP contribution in [0.5, 0.6) is 5.75 Å². The standard InChI is InChI=1S/C25H27FN2O4S/c1-33(30,31)28(18-25(29)27-17-5-8-20-9-11-22(26)12-10-20)23-13-15-24(16-14-23)32-19-21-6-3-2-4-7-21/h2-4,6-7,9-16H,5,8,17-19H2,1H3,(H,27,29).